The monoisotopic (exact) mass is 358 g/mol. The molecular weight excluding hydrogens is 343 g/mol. The Bertz CT molecular complexity index is 944. The van der Waals surface area contributed by atoms with Gasteiger partial charge in [0.05, 0.1) is 11.1 Å². The third kappa shape index (κ3) is 3.23. The average molecular weight is 359 g/mol. The molecule has 128 valence electrons. The molecule has 3 N–H and O–H groups in total. The van der Waals surface area contributed by atoms with E-state index in [2.05, 4.69) is 20.6 Å². The van der Waals surface area contributed by atoms with Crippen LogP contribution in [0.5, 0.6) is 5.75 Å². The van der Waals surface area contributed by atoms with Gasteiger partial charge < -0.3 is 15.7 Å². The number of anilines is 1. The van der Waals surface area contributed by atoms with Crippen LogP contribution in [0, 0.1) is 5.82 Å². The van der Waals surface area contributed by atoms with Gasteiger partial charge in [0.1, 0.15) is 17.4 Å². The van der Waals surface area contributed by atoms with Gasteiger partial charge in [-0.2, -0.15) is 0 Å². The van der Waals surface area contributed by atoms with Crippen molar-refractivity contribution in [2.75, 3.05) is 18.4 Å². The van der Waals surface area contributed by atoms with Gasteiger partial charge in [0.2, 0.25) is 0 Å². The quantitative estimate of drug-likeness (QED) is 0.667. The molecule has 4 rings (SSSR count). The molecule has 25 heavy (non-hydrogen) atoms. The summed E-state index contributed by atoms with van der Waals surface area (Å²) in [6.45, 7) is 1.80. The molecule has 1 saturated heterocycles. The molecule has 1 aliphatic heterocycles. The fraction of sp³-hybridized carbons (Fsp3) is 0.222. The van der Waals surface area contributed by atoms with Crippen molar-refractivity contribution < 1.29 is 9.50 Å². The lowest BCUT2D eigenvalue weighted by Crippen LogP contribution is -2.23. The molecule has 1 fully saturated rings. The second kappa shape index (κ2) is 6.46. The number of nitrogens with one attached hydrogen (secondary N) is 2. The standard InChI is InChI=1S/C18H16ClFN4O/c19-10-1-3-13-15(7-10)23-18(14-8-11(20)2-4-16(14)25)24-17(13)22-12-5-6-21-9-12/h1-4,7-8,12,21,25H,5-6,9H2,(H,22,23,24)/t12-/m0/s1. The Morgan fingerprint density at radius 2 is 2.08 bits per heavy atom. The lowest BCUT2D eigenvalue weighted by molar-refractivity contribution is 0.475. The number of nitrogens with zero attached hydrogens (tertiary/aromatic N) is 2. The number of hydrogen-bond acceptors (Lipinski definition) is 5. The van der Waals surface area contributed by atoms with Crippen molar-refractivity contribution >= 4 is 28.3 Å². The minimum Gasteiger partial charge on any atom is -0.507 e. The molecule has 0 saturated carbocycles. The van der Waals surface area contributed by atoms with Crippen molar-refractivity contribution in [2.45, 2.75) is 12.5 Å². The van der Waals surface area contributed by atoms with E-state index in [1.165, 1.54) is 18.2 Å². The molecule has 0 bridgehead atoms. The van der Waals surface area contributed by atoms with Crippen LogP contribution in [0.1, 0.15) is 6.42 Å². The molecular formula is C18H16ClFN4O. The number of hydrogen-bond donors (Lipinski definition) is 3. The Kier molecular flexibility index (Phi) is 4.15. The highest BCUT2D eigenvalue weighted by Crippen LogP contribution is 2.32. The van der Waals surface area contributed by atoms with Crippen molar-refractivity contribution in [3.63, 3.8) is 0 Å². The Hall–Kier alpha value is -2.44. The first kappa shape index (κ1) is 16.1. The van der Waals surface area contributed by atoms with Gasteiger partial charge in [-0.3, -0.25) is 0 Å². The molecule has 3 aromatic rings. The van der Waals surface area contributed by atoms with Crippen molar-refractivity contribution in [3.05, 3.63) is 47.2 Å². The fourth-order valence-electron chi connectivity index (χ4n) is 2.99. The number of phenolic OH excluding ortho intramolecular Hbond substituents is 1. The summed E-state index contributed by atoms with van der Waals surface area (Å²) >= 11 is 6.10. The lowest BCUT2D eigenvalue weighted by atomic mass is 10.1. The number of fused-ring (bicyclic) bond motifs is 1. The maximum absolute atomic E-state index is 13.6. The summed E-state index contributed by atoms with van der Waals surface area (Å²) in [5.41, 5.74) is 0.879. The molecule has 0 unspecified atom stereocenters. The fourth-order valence-corrected chi connectivity index (χ4v) is 3.16. The molecule has 5 nitrogen and oxygen atoms in total. The zero-order valence-electron chi connectivity index (χ0n) is 13.3. The van der Waals surface area contributed by atoms with Crippen molar-refractivity contribution in [2.24, 2.45) is 0 Å². The van der Waals surface area contributed by atoms with Crippen molar-refractivity contribution in [1.29, 1.82) is 0 Å². The topological polar surface area (TPSA) is 70.1 Å². The highest BCUT2D eigenvalue weighted by atomic mass is 35.5. The first-order chi connectivity index (χ1) is 12.1. The molecule has 1 atom stereocenters. The Morgan fingerprint density at radius 1 is 1.20 bits per heavy atom. The van der Waals surface area contributed by atoms with Crippen LogP contribution in [-0.4, -0.2) is 34.2 Å². The van der Waals surface area contributed by atoms with Gasteiger partial charge in [-0.25, -0.2) is 14.4 Å². The van der Waals surface area contributed by atoms with E-state index in [0.717, 1.165) is 24.9 Å². The van der Waals surface area contributed by atoms with Gasteiger partial charge in [-0.05, 0) is 49.4 Å². The van der Waals surface area contributed by atoms with E-state index in [0.29, 0.717) is 16.4 Å². The maximum atomic E-state index is 13.6. The Morgan fingerprint density at radius 3 is 2.88 bits per heavy atom. The van der Waals surface area contributed by atoms with E-state index >= 15 is 0 Å². The summed E-state index contributed by atoms with van der Waals surface area (Å²) in [6.07, 6.45) is 0.986. The van der Waals surface area contributed by atoms with Gasteiger partial charge in [0.25, 0.3) is 0 Å². The molecule has 0 amide bonds. The van der Waals surface area contributed by atoms with Crippen LogP contribution < -0.4 is 10.6 Å². The van der Waals surface area contributed by atoms with E-state index < -0.39 is 5.82 Å². The average Bonchev–Trinajstić information content (AvgIpc) is 3.09. The van der Waals surface area contributed by atoms with E-state index in [1.807, 2.05) is 6.07 Å². The zero-order valence-corrected chi connectivity index (χ0v) is 14.0. The van der Waals surface area contributed by atoms with Crippen LogP contribution in [0.15, 0.2) is 36.4 Å². The number of rotatable bonds is 3. The van der Waals surface area contributed by atoms with E-state index in [4.69, 9.17) is 11.6 Å². The second-order valence-electron chi connectivity index (χ2n) is 6.05. The number of benzene rings is 2. The predicted molar refractivity (Wildman–Crippen MR) is 96.5 cm³/mol. The van der Waals surface area contributed by atoms with Crippen LogP contribution in [0.2, 0.25) is 5.02 Å². The number of aromatic nitrogens is 2. The van der Waals surface area contributed by atoms with Crippen LogP contribution in [0.3, 0.4) is 0 Å². The van der Waals surface area contributed by atoms with Gasteiger partial charge in [-0.1, -0.05) is 11.6 Å². The van der Waals surface area contributed by atoms with Gasteiger partial charge in [0.15, 0.2) is 5.82 Å². The maximum Gasteiger partial charge on any atom is 0.165 e. The third-order valence-corrected chi connectivity index (χ3v) is 4.49. The van der Waals surface area contributed by atoms with Gasteiger partial charge >= 0.3 is 0 Å². The van der Waals surface area contributed by atoms with Gasteiger partial charge in [-0.15, -0.1) is 0 Å². The first-order valence-corrected chi connectivity index (χ1v) is 8.41. The highest BCUT2D eigenvalue weighted by molar-refractivity contribution is 6.31. The lowest BCUT2D eigenvalue weighted by Gasteiger charge is -2.15. The zero-order chi connectivity index (χ0) is 17.4. The first-order valence-electron chi connectivity index (χ1n) is 8.03. The van der Waals surface area contributed by atoms with E-state index in [-0.39, 0.29) is 23.2 Å². The molecule has 0 spiro atoms. The molecule has 0 aliphatic carbocycles. The number of halogens is 2. The molecule has 0 radical (unpaired) electrons. The normalized spacial score (nSPS) is 17.1. The van der Waals surface area contributed by atoms with Gasteiger partial charge in [0, 0.05) is 23.0 Å². The Labute approximate surface area is 148 Å². The minimum absolute atomic E-state index is 0.0729. The smallest absolute Gasteiger partial charge is 0.165 e. The predicted octanol–water partition coefficient (Wildman–Crippen LogP) is 3.57. The summed E-state index contributed by atoms with van der Waals surface area (Å²) in [5, 5.41) is 18.2. The summed E-state index contributed by atoms with van der Waals surface area (Å²) in [5.74, 6) is 0.364. The molecule has 2 heterocycles. The second-order valence-corrected chi connectivity index (χ2v) is 6.49. The van der Waals surface area contributed by atoms with Crippen LogP contribution in [0.4, 0.5) is 10.2 Å². The summed E-state index contributed by atoms with van der Waals surface area (Å²) in [7, 11) is 0. The van der Waals surface area contributed by atoms with Crippen LogP contribution in [0.25, 0.3) is 22.3 Å². The summed E-state index contributed by atoms with van der Waals surface area (Å²) in [6, 6.07) is 9.34. The highest BCUT2D eigenvalue weighted by Gasteiger charge is 2.18. The largest absolute Gasteiger partial charge is 0.507 e. The number of aromatic hydroxyl groups is 1. The molecule has 2 aromatic carbocycles. The van der Waals surface area contributed by atoms with Crippen LogP contribution in [-0.2, 0) is 0 Å². The third-order valence-electron chi connectivity index (χ3n) is 4.26. The SMILES string of the molecule is Oc1ccc(F)cc1-c1nc(N[C@H]2CCNC2)c2ccc(Cl)cc2n1. The summed E-state index contributed by atoms with van der Waals surface area (Å²) < 4.78 is 13.6. The molecule has 1 aromatic heterocycles. The summed E-state index contributed by atoms with van der Waals surface area (Å²) in [4.78, 5) is 9.01. The minimum atomic E-state index is -0.461. The molecule has 7 heteroatoms. The number of phenols is 1. The van der Waals surface area contributed by atoms with Crippen molar-refractivity contribution in [1.82, 2.24) is 15.3 Å². The van der Waals surface area contributed by atoms with Crippen molar-refractivity contribution in [3.8, 4) is 17.1 Å². The Balaban J connectivity index is 1.88. The molecule has 1 aliphatic rings. The van der Waals surface area contributed by atoms with E-state index in [9.17, 15) is 9.50 Å². The van der Waals surface area contributed by atoms with Crippen LogP contribution >= 0.6 is 11.6 Å². The van der Waals surface area contributed by atoms with E-state index in [1.54, 1.807) is 12.1 Å².